The fraction of sp³-hybridized carbons (Fsp3) is 0.292. The van der Waals surface area contributed by atoms with Gasteiger partial charge in [0, 0.05) is 23.6 Å². The molecule has 0 fully saturated rings. The van der Waals surface area contributed by atoms with E-state index in [2.05, 4.69) is 15.5 Å². The minimum Gasteiger partial charge on any atom is -0.339 e. The Bertz CT molecular complexity index is 1120. The number of fused-ring (bicyclic) bond motifs is 1. The number of carbonyl (C=O) groups excluding carboxylic acids is 2. The lowest BCUT2D eigenvalue weighted by atomic mass is 9.81. The Hall–Kier alpha value is -3.48. The molecule has 1 aromatic heterocycles. The van der Waals surface area contributed by atoms with E-state index in [4.69, 9.17) is 0 Å². The standard InChI is InChI=1S/C24H25FN4O2/c1-4-12-29-22-19(15(3)27-28-22)20(16-8-10-18(25)11-9-16)21(24(29)31)26-23(30)17-7-5-6-14(2)13-17/h5-11,13,20-21H,4,12H2,1-3H3,(H,26,30)(H,27,28)/t20-,21-/m0/s1. The van der Waals surface area contributed by atoms with Gasteiger partial charge in [0.2, 0.25) is 0 Å². The minimum absolute atomic E-state index is 0.215. The monoisotopic (exact) mass is 420 g/mol. The second-order valence-corrected chi connectivity index (χ2v) is 7.91. The summed E-state index contributed by atoms with van der Waals surface area (Å²) in [7, 11) is 0. The number of rotatable bonds is 5. The van der Waals surface area contributed by atoms with Crippen LogP contribution in [-0.4, -0.2) is 34.6 Å². The van der Waals surface area contributed by atoms with Crippen molar-refractivity contribution in [2.45, 2.75) is 39.2 Å². The molecule has 2 heterocycles. The van der Waals surface area contributed by atoms with Gasteiger partial charge in [-0.15, -0.1) is 0 Å². The van der Waals surface area contributed by atoms with E-state index >= 15 is 0 Å². The van der Waals surface area contributed by atoms with Crippen molar-refractivity contribution in [2.24, 2.45) is 0 Å². The van der Waals surface area contributed by atoms with Crippen LogP contribution in [0.15, 0.2) is 48.5 Å². The normalized spacial score (nSPS) is 18.1. The summed E-state index contributed by atoms with van der Waals surface area (Å²) in [6, 6.07) is 12.4. The van der Waals surface area contributed by atoms with Gasteiger partial charge in [-0.05, 0) is 50.1 Å². The first-order valence-electron chi connectivity index (χ1n) is 10.4. The molecule has 31 heavy (non-hydrogen) atoms. The summed E-state index contributed by atoms with van der Waals surface area (Å²) >= 11 is 0. The van der Waals surface area contributed by atoms with E-state index in [1.54, 1.807) is 29.2 Å². The van der Waals surface area contributed by atoms with Crippen LogP contribution in [0, 0.1) is 19.7 Å². The summed E-state index contributed by atoms with van der Waals surface area (Å²) in [5.41, 5.74) is 3.77. The van der Waals surface area contributed by atoms with Crippen LogP contribution in [0.3, 0.4) is 0 Å². The molecule has 4 rings (SSSR count). The summed E-state index contributed by atoms with van der Waals surface area (Å²) in [5, 5.41) is 10.3. The highest BCUT2D eigenvalue weighted by atomic mass is 19.1. The van der Waals surface area contributed by atoms with E-state index in [9.17, 15) is 14.0 Å². The number of nitrogens with one attached hydrogen (secondary N) is 2. The van der Waals surface area contributed by atoms with Crippen LogP contribution in [0.1, 0.15) is 52.0 Å². The molecular formula is C24H25FN4O2. The zero-order valence-corrected chi connectivity index (χ0v) is 17.8. The second kappa shape index (κ2) is 8.34. The van der Waals surface area contributed by atoms with Gasteiger partial charge in [0.05, 0.1) is 5.69 Å². The number of benzene rings is 2. The van der Waals surface area contributed by atoms with Gasteiger partial charge < -0.3 is 5.32 Å². The minimum atomic E-state index is -0.839. The number of H-pyrrole nitrogens is 1. The van der Waals surface area contributed by atoms with Gasteiger partial charge in [0.25, 0.3) is 11.8 Å². The Morgan fingerprint density at radius 2 is 1.94 bits per heavy atom. The van der Waals surface area contributed by atoms with Crippen LogP contribution in [0.2, 0.25) is 0 Å². The molecule has 1 aliphatic heterocycles. The Morgan fingerprint density at radius 1 is 1.19 bits per heavy atom. The molecule has 0 radical (unpaired) electrons. The Morgan fingerprint density at radius 3 is 2.61 bits per heavy atom. The van der Waals surface area contributed by atoms with Crippen molar-refractivity contribution in [3.8, 4) is 0 Å². The number of halogens is 1. The van der Waals surface area contributed by atoms with Crippen molar-refractivity contribution in [2.75, 3.05) is 11.4 Å². The van der Waals surface area contributed by atoms with Crippen LogP contribution >= 0.6 is 0 Å². The third-order valence-corrected chi connectivity index (χ3v) is 5.66. The molecule has 0 spiro atoms. The van der Waals surface area contributed by atoms with Crippen molar-refractivity contribution in [3.05, 3.63) is 82.3 Å². The van der Waals surface area contributed by atoms with Gasteiger partial charge in [0.1, 0.15) is 17.7 Å². The number of aromatic nitrogens is 2. The largest absolute Gasteiger partial charge is 0.339 e. The predicted molar refractivity (Wildman–Crippen MR) is 117 cm³/mol. The quantitative estimate of drug-likeness (QED) is 0.658. The number of carbonyl (C=O) groups is 2. The zero-order chi connectivity index (χ0) is 22.1. The first-order chi connectivity index (χ1) is 14.9. The second-order valence-electron chi connectivity index (χ2n) is 7.91. The smallest absolute Gasteiger partial charge is 0.251 e. The molecule has 0 bridgehead atoms. The molecule has 3 aromatic rings. The van der Waals surface area contributed by atoms with E-state index in [1.807, 2.05) is 32.9 Å². The molecule has 2 amide bonds. The number of hydrogen-bond donors (Lipinski definition) is 2. The SMILES string of the molecule is CCCN1C(=O)[C@@H](NC(=O)c2cccc(C)c2)[C@@H](c2ccc(F)cc2)c2c(C)n[nH]c21. The van der Waals surface area contributed by atoms with E-state index in [-0.39, 0.29) is 17.6 Å². The maximum Gasteiger partial charge on any atom is 0.251 e. The van der Waals surface area contributed by atoms with Crippen molar-refractivity contribution >= 4 is 17.6 Å². The van der Waals surface area contributed by atoms with E-state index < -0.39 is 12.0 Å². The number of aryl methyl sites for hydroxylation is 2. The van der Waals surface area contributed by atoms with Gasteiger partial charge in [-0.2, -0.15) is 5.10 Å². The molecule has 0 saturated heterocycles. The molecule has 0 aliphatic carbocycles. The van der Waals surface area contributed by atoms with Crippen molar-refractivity contribution < 1.29 is 14.0 Å². The van der Waals surface area contributed by atoms with E-state index in [1.165, 1.54) is 12.1 Å². The third-order valence-electron chi connectivity index (χ3n) is 5.66. The lowest BCUT2D eigenvalue weighted by Crippen LogP contribution is -2.55. The Labute approximate surface area is 180 Å². The van der Waals surface area contributed by atoms with E-state index in [0.29, 0.717) is 17.9 Å². The van der Waals surface area contributed by atoms with Gasteiger partial charge in [0.15, 0.2) is 0 Å². The van der Waals surface area contributed by atoms with Crippen molar-refractivity contribution in [1.82, 2.24) is 15.5 Å². The number of aromatic amines is 1. The van der Waals surface area contributed by atoms with E-state index in [0.717, 1.165) is 28.8 Å². The highest BCUT2D eigenvalue weighted by molar-refractivity contribution is 6.05. The highest BCUT2D eigenvalue weighted by Gasteiger charge is 2.44. The van der Waals surface area contributed by atoms with Crippen LogP contribution in [0.5, 0.6) is 0 Å². The highest BCUT2D eigenvalue weighted by Crippen LogP contribution is 2.41. The number of hydrogen-bond acceptors (Lipinski definition) is 3. The molecule has 160 valence electrons. The van der Waals surface area contributed by atoms with Gasteiger partial charge >= 0.3 is 0 Å². The molecule has 0 saturated carbocycles. The van der Waals surface area contributed by atoms with Gasteiger partial charge in [-0.3, -0.25) is 19.6 Å². The molecule has 2 aromatic carbocycles. The lowest BCUT2D eigenvalue weighted by Gasteiger charge is -2.38. The molecule has 2 atom stereocenters. The Kier molecular flexibility index (Phi) is 5.59. The zero-order valence-electron chi connectivity index (χ0n) is 17.8. The third kappa shape index (κ3) is 3.83. The molecular weight excluding hydrogens is 395 g/mol. The summed E-state index contributed by atoms with van der Waals surface area (Å²) in [4.78, 5) is 28.3. The van der Waals surface area contributed by atoms with Crippen LogP contribution < -0.4 is 10.2 Å². The maximum absolute atomic E-state index is 13.6. The number of nitrogens with zero attached hydrogens (tertiary/aromatic N) is 2. The van der Waals surface area contributed by atoms with Gasteiger partial charge in [-0.1, -0.05) is 36.8 Å². The average molecular weight is 420 g/mol. The number of amides is 2. The lowest BCUT2D eigenvalue weighted by molar-refractivity contribution is -0.121. The average Bonchev–Trinajstić information content (AvgIpc) is 3.13. The number of anilines is 1. The topological polar surface area (TPSA) is 78.1 Å². The molecule has 6 nitrogen and oxygen atoms in total. The molecule has 1 aliphatic rings. The summed E-state index contributed by atoms with van der Waals surface area (Å²) < 4.78 is 13.6. The van der Waals surface area contributed by atoms with Crippen LogP contribution in [0.25, 0.3) is 0 Å². The summed E-state index contributed by atoms with van der Waals surface area (Å²) in [6.07, 6.45) is 0.753. The summed E-state index contributed by atoms with van der Waals surface area (Å²) in [6.45, 7) is 6.27. The molecule has 2 N–H and O–H groups in total. The summed E-state index contributed by atoms with van der Waals surface area (Å²) in [5.74, 6) is -0.741. The predicted octanol–water partition coefficient (Wildman–Crippen LogP) is 3.85. The van der Waals surface area contributed by atoms with Crippen LogP contribution in [-0.2, 0) is 4.79 Å². The molecule has 0 unspecified atom stereocenters. The maximum atomic E-state index is 13.6. The molecule has 7 heteroatoms. The first kappa shape index (κ1) is 20.8. The van der Waals surface area contributed by atoms with Crippen molar-refractivity contribution in [3.63, 3.8) is 0 Å². The fourth-order valence-electron chi connectivity index (χ4n) is 4.22. The Balaban J connectivity index is 1.81. The fourth-order valence-corrected chi connectivity index (χ4v) is 4.22. The van der Waals surface area contributed by atoms with Crippen LogP contribution in [0.4, 0.5) is 10.2 Å². The van der Waals surface area contributed by atoms with Gasteiger partial charge in [-0.25, -0.2) is 4.39 Å². The first-order valence-corrected chi connectivity index (χ1v) is 10.4. The van der Waals surface area contributed by atoms with Crippen molar-refractivity contribution in [1.29, 1.82) is 0 Å².